The van der Waals surface area contributed by atoms with Gasteiger partial charge in [-0.2, -0.15) is 0 Å². The highest BCUT2D eigenvalue weighted by Crippen LogP contribution is 2.28. The summed E-state index contributed by atoms with van der Waals surface area (Å²) in [6.45, 7) is -0.619. The molecule has 1 amide bonds. The summed E-state index contributed by atoms with van der Waals surface area (Å²) in [5.74, 6) is -2.18. The number of nitro benzene ring substituents is 1. The number of hydrogen-bond donors (Lipinski definition) is 1. The minimum Gasteiger partial charge on any atom is -0.452 e. The number of ether oxygens (including phenoxy) is 1. The summed E-state index contributed by atoms with van der Waals surface area (Å²) in [4.78, 5) is 34.6. The fraction of sp³-hybridized carbons (Fsp3) is 0.125. The van der Waals surface area contributed by atoms with Gasteiger partial charge in [-0.3, -0.25) is 14.9 Å². The van der Waals surface area contributed by atoms with Crippen LogP contribution in [0.3, 0.4) is 0 Å². The van der Waals surface area contributed by atoms with E-state index in [4.69, 9.17) is 16.3 Å². The summed E-state index contributed by atoms with van der Waals surface area (Å²) in [6.07, 6.45) is 1.67. The lowest BCUT2D eigenvalue weighted by Crippen LogP contribution is -2.21. The highest BCUT2D eigenvalue weighted by molar-refractivity contribution is 7.98. The Morgan fingerprint density at radius 3 is 2.65 bits per heavy atom. The lowest BCUT2D eigenvalue weighted by Gasteiger charge is -2.08. The zero-order chi connectivity index (χ0) is 19.3. The maximum absolute atomic E-state index is 13.1. The molecule has 2 aromatic carbocycles. The SMILES string of the molecule is CSc1ccc(C(=O)OCC(=O)Nc2ccc(F)c(Cl)c2)cc1[N+](=O)[O-]. The number of nitrogens with one attached hydrogen (secondary N) is 1. The van der Waals surface area contributed by atoms with Crippen molar-refractivity contribution in [2.45, 2.75) is 4.90 Å². The molecule has 10 heteroatoms. The molecule has 136 valence electrons. The van der Waals surface area contributed by atoms with Gasteiger partial charge in [0.05, 0.1) is 20.4 Å². The van der Waals surface area contributed by atoms with E-state index in [9.17, 15) is 24.1 Å². The lowest BCUT2D eigenvalue weighted by atomic mass is 10.2. The van der Waals surface area contributed by atoms with Gasteiger partial charge in [-0.05, 0) is 36.6 Å². The number of carbonyl (C=O) groups excluding carboxylic acids is 2. The second-order valence-electron chi connectivity index (χ2n) is 4.90. The highest BCUT2D eigenvalue weighted by atomic mass is 35.5. The second kappa shape index (κ2) is 8.63. The molecular weight excluding hydrogens is 387 g/mol. The van der Waals surface area contributed by atoms with Crippen LogP contribution < -0.4 is 5.32 Å². The summed E-state index contributed by atoms with van der Waals surface area (Å²) in [5, 5.41) is 13.2. The Balaban J connectivity index is 1.99. The molecule has 0 aliphatic heterocycles. The van der Waals surface area contributed by atoms with Crippen molar-refractivity contribution in [3.63, 3.8) is 0 Å². The molecule has 1 N–H and O–H groups in total. The number of hydrogen-bond acceptors (Lipinski definition) is 6. The molecule has 0 saturated heterocycles. The quantitative estimate of drug-likeness (QED) is 0.343. The molecule has 7 nitrogen and oxygen atoms in total. The van der Waals surface area contributed by atoms with E-state index in [0.717, 1.165) is 12.1 Å². The van der Waals surface area contributed by atoms with Crippen molar-refractivity contribution in [2.24, 2.45) is 0 Å². The van der Waals surface area contributed by atoms with Gasteiger partial charge in [0, 0.05) is 11.8 Å². The highest BCUT2D eigenvalue weighted by Gasteiger charge is 2.18. The number of anilines is 1. The lowest BCUT2D eigenvalue weighted by molar-refractivity contribution is -0.387. The first-order valence-corrected chi connectivity index (χ1v) is 8.66. The molecule has 0 bridgehead atoms. The van der Waals surface area contributed by atoms with Crippen LogP contribution in [0.25, 0.3) is 0 Å². The van der Waals surface area contributed by atoms with Crippen LogP contribution in [0.15, 0.2) is 41.3 Å². The van der Waals surface area contributed by atoms with Crippen LogP contribution in [0, 0.1) is 15.9 Å². The monoisotopic (exact) mass is 398 g/mol. The fourth-order valence-corrected chi connectivity index (χ4v) is 2.67. The Morgan fingerprint density at radius 2 is 2.04 bits per heavy atom. The number of benzene rings is 2. The van der Waals surface area contributed by atoms with Crippen LogP contribution in [0.1, 0.15) is 10.4 Å². The molecule has 2 rings (SSSR count). The van der Waals surface area contributed by atoms with Gasteiger partial charge in [0.2, 0.25) is 0 Å². The summed E-state index contributed by atoms with van der Waals surface area (Å²) in [6, 6.07) is 7.48. The minimum absolute atomic E-state index is 0.0490. The van der Waals surface area contributed by atoms with Crippen LogP contribution in [0.5, 0.6) is 0 Å². The molecule has 0 unspecified atom stereocenters. The number of halogens is 2. The van der Waals surface area contributed by atoms with Crippen molar-refractivity contribution >= 4 is 46.6 Å². The largest absolute Gasteiger partial charge is 0.452 e. The van der Waals surface area contributed by atoms with Gasteiger partial charge < -0.3 is 10.1 Å². The maximum Gasteiger partial charge on any atom is 0.338 e. The van der Waals surface area contributed by atoms with Gasteiger partial charge in [0.25, 0.3) is 11.6 Å². The average molecular weight is 399 g/mol. The van der Waals surface area contributed by atoms with Crippen LogP contribution in [0.4, 0.5) is 15.8 Å². The normalized spacial score (nSPS) is 10.3. The third kappa shape index (κ3) is 4.93. The fourth-order valence-electron chi connectivity index (χ4n) is 1.95. The van der Waals surface area contributed by atoms with E-state index in [2.05, 4.69) is 5.32 Å². The van der Waals surface area contributed by atoms with Crippen molar-refractivity contribution in [3.8, 4) is 0 Å². The second-order valence-corrected chi connectivity index (χ2v) is 6.15. The van der Waals surface area contributed by atoms with Crippen LogP contribution in [-0.2, 0) is 9.53 Å². The molecule has 0 radical (unpaired) electrons. The summed E-state index contributed by atoms with van der Waals surface area (Å²) in [5.41, 5.74) is -0.0399. The van der Waals surface area contributed by atoms with E-state index in [1.807, 2.05) is 0 Å². The number of nitrogens with zero attached hydrogens (tertiary/aromatic N) is 1. The van der Waals surface area contributed by atoms with Crippen molar-refractivity contribution in [3.05, 3.63) is 62.9 Å². The minimum atomic E-state index is -0.881. The predicted molar refractivity (Wildman–Crippen MR) is 95.2 cm³/mol. The molecular formula is C16H12ClFN2O5S. The standard InChI is InChI=1S/C16H12ClFN2O5S/c1-26-14-5-2-9(6-13(14)20(23)24)16(22)25-8-15(21)19-10-3-4-12(18)11(17)7-10/h2-7H,8H2,1H3,(H,19,21). The number of amides is 1. The Labute approximate surface area is 156 Å². The molecule has 0 saturated carbocycles. The van der Waals surface area contributed by atoms with E-state index in [0.29, 0.717) is 4.90 Å². The first-order chi connectivity index (χ1) is 12.3. The van der Waals surface area contributed by atoms with Crippen molar-refractivity contribution in [1.29, 1.82) is 0 Å². The van der Waals surface area contributed by atoms with Gasteiger partial charge in [-0.15, -0.1) is 11.8 Å². The van der Waals surface area contributed by atoms with Crippen LogP contribution >= 0.6 is 23.4 Å². The molecule has 0 spiro atoms. The summed E-state index contributed by atoms with van der Waals surface area (Å²) in [7, 11) is 0. The van der Waals surface area contributed by atoms with Crippen molar-refractivity contribution in [1.82, 2.24) is 0 Å². The van der Waals surface area contributed by atoms with Crippen molar-refractivity contribution in [2.75, 3.05) is 18.2 Å². The van der Waals surface area contributed by atoms with E-state index >= 15 is 0 Å². The van der Waals surface area contributed by atoms with Gasteiger partial charge in [0.15, 0.2) is 6.61 Å². The van der Waals surface area contributed by atoms with E-state index in [1.165, 1.54) is 36.0 Å². The van der Waals surface area contributed by atoms with E-state index < -0.39 is 29.2 Å². The third-order valence-corrected chi connectivity index (χ3v) is 4.22. The molecule has 0 fully saturated rings. The van der Waals surface area contributed by atoms with Crippen LogP contribution in [0.2, 0.25) is 5.02 Å². The molecule has 0 atom stereocenters. The third-order valence-electron chi connectivity index (χ3n) is 3.15. The molecule has 0 heterocycles. The van der Waals surface area contributed by atoms with Gasteiger partial charge in [-0.25, -0.2) is 9.18 Å². The number of nitro groups is 1. The van der Waals surface area contributed by atoms with Gasteiger partial charge >= 0.3 is 5.97 Å². The molecule has 0 aliphatic rings. The zero-order valence-corrected chi connectivity index (χ0v) is 14.9. The first-order valence-electron chi connectivity index (χ1n) is 7.06. The van der Waals surface area contributed by atoms with E-state index in [1.54, 1.807) is 6.26 Å². The Hall–Kier alpha value is -2.65. The molecule has 0 aliphatic carbocycles. The number of thioether (sulfide) groups is 1. The zero-order valence-electron chi connectivity index (χ0n) is 13.3. The topological polar surface area (TPSA) is 98.5 Å². The van der Waals surface area contributed by atoms with Crippen LogP contribution in [-0.4, -0.2) is 29.7 Å². The first kappa shape index (κ1) is 19.7. The number of esters is 1. The number of rotatable bonds is 6. The molecule has 26 heavy (non-hydrogen) atoms. The number of carbonyl (C=O) groups is 2. The predicted octanol–water partition coefficient (Wildman–Crippen LogP) is 3.90. The Kier molecular flexibility index (Phi) is 6.53. The van der Waals surface area contributed by atoms with Gasteiger partial charge in [-0.1, -0.05) is 11.6 Å². The molecule has 0 aromatic heterocycles. The van der Waals surface area contributed by atoms with E-state index in [-0.39, 0.29) is 22.0 Å². The van der Waals surface area contributed by atoms with Crippen molar-refractivity contribution < 1.29 is 23.6 Å². The summed E-state index contributed by atoms with van der Waals surface area (Å²) >= 11 is 6.77. The Morgan fingerprint density at radius 1 is 1.31 bits per heavy atom. The smallest absolute Gasteiger partial charge is 0.338 e. The average Bonchev–Trinajstić information content (AvgIpc) is 2.62. The molecule has 2 aromatic rings. The van der Waals surface area contributed by atoms with Gasteiger partial charge in [0.1, 0.15) is 5.82 Å². The maximum atomic E-state index is 13.1. The summed E-state index contributed by atoms with van der Waals surface area (Å²) < 4.78 is 17.9. The Bertz CT molecular complexity index is 878.